The van der Waals surface area contributed by atoms with E-state index in [9.17, 15) is 13.2 Å². The molecule has 28 heavy (non-hydrogen) atoms. The van der Waals surface area contributed by atoms with E-state index in [2.05, 4.69) is 15.8 Å². The molecule has 1 aliphatic rings. The van der Waals surface area contributed by atoms with Crippen molar-refractivity contribution < 1.29 is 17.9 Å². The summed E-state index contributed by atoms with van der Waals surface area (Å²) in [6, 6.07) is 11.3. The minimum absolute atomic E-state index is 0.00426. The molecule has 0 atom stereocenters. The Morgan fingerprint density at radius 1 is 1.21 bits per heavy atom. The van der Waals surface area contributed by atoms with Gasteiger partial charge in [-0.15, -0.1) is 0 Å². The van der Waals surface area contributed by atoms with Crippen LogP contribution < -0.4 is 25.5 Å². The number of methoxy groups -OCH3 is 1. The van der Waals surface area contributed by atoms with E-state index < -0.39 is 10.0 Å². The molecule has 0 spiro atoms. The lowest BCUT2D eigenvalue weighted by Gasteiger charge is -2.12. The molecule has 3 rings (SSSR count). The van der Waals surface area contributed by atoms with Crippen molar-refractivity contribution in [1.82, 2.24) is 5.43 Å². The number of hydrogen-bond acceptors (Lipinski definition) is 6. The van der Waals surface area contributed by atoms with Crippen LogP contribution in [-0.4, -0.2) is 39.3 Å². The molecule has 0 radical (unpaired) electrons. The number of fused-ring (bicyclic) bond motifs is 1. The highest BCUT2D eigenvalue weighted by atomic mass is 32.2. The summed E-state index contributed by atoms with van der Waals surface area (Å²) in [5.74, 6) is 0.209. The number of benzene rings is 2. The Hall–Kier alpha value is -3.02. The number of carbonyl (C=O) groups is 1. The zero-order valence-corrected chi connectivity index (χ0v) is 16.6. The summed E-state index contributed by atoms with van der Waals surface area (Å²) in [7, 11) is -0.800. The molecular formula is C17H17N5O4S2. The van der Waals surface area contributed by atoms with Gasteiger partial charge in [0.2, 0.25) is 10.0 Å². The number of anilines is 2. The molecule has 1 heterocycles. The largest absolute Gasteiger partial charge is 0.495 e. The van der Waals surface area contributed by atoms with Crippen LogP contribution in [0, 0.1) is 0 Å². The van der Waals surface area contributed by atoms with E-state index in [1.54, 1.807) is 37.4 Å². The third-order valence-electron chi connectivity index (χ3n) is 4.03. The second-order valence-corrected chi connectivity index (χ2v) is 7.73. The first kappa shape index (κ1) is 19.7. The van der Waals surface area contributed by atoms with Crippen LogP contribution in [0.2, 0.25) is 0 Å². The molecule has 0 fully saturated rings. The van der Waals surface area contributed by atoms with E-state index in [0.29, 0.717) is 17.0 Å². The molecule has 0 aliphatic carbocycles. The van der Waals surface area contributed by atoms with Crippen LogP contribution in [0.3, 0.4) is 0 Å². The highest BCUT2D eigenvalue weighted by Crippen LogP contribution is 2.36. The molecule has 146 valence electrons. The normalized spacial score (nSPS) is 14.8. The Morgan fingerprint density at radius 3 is 2.61 bits per heavy atom. The van der Waals surface area contributed by atoms with Crippen molar-refractivity contribution in [2.45, 2.75) is 4.90 Å². The quantitative estimate of drug-likeness (QED) is 0.499. The van der Waals surface area contributed by atoms with E-state index >= 15 is 0 Å². The first-order valence-corrected chi connectivity index (χ1v) is 9.91. The molecule has 11 heteroatoms. The maximum Gasteiger partial charge on any atom is 0.279 e. The molecule has 0 aromatic heterocycles. The monoisotopic (exact) mass is 419 g/mol. The van der Waals surface area contributed by atoms with Crippen molar-refractivity contribution in [3.05, 3.63) is 48.0 Å². The summed E-state index contributed by atoms with van der Waals surface area (Å²) in [4.78, 5) is 13.8. The van der Waals surface area contributed by atoms with Crippen LogP contribution in [0.4, 0.5) is 11.4 Å². The lowest BCUT2D eigenvalue weighted by Crippen LogP contribution is -2.30. The van der Waals surface area contributed by atoms with E-state index in [1.807, 2.05) is 0 Å². The van der Waals surface area contributed by atoms with Crippen molar-refractivity contribution in [3.63, 3.8) is 0 Å². The minimum Gasteiger partial charge on any atom is -0.495 e. The van der Waals surface area contributed by atoms with Gasteiger partial charge in [0.15, 0.2) is 10.8 Å². The Labute approximate surface area is 167 Å². The Bertz CT molecular complexity index is 1100. The number of sulfonamides is 1. The van der Waals surface area contributed by atoms with Crippen LogP contribution in [0.5, 0.6) is 5.75 Å². The number of hydrazone groups is 1. The number of ether oxygens (including phenoxy) is 1. The summed E-state index contributed by atoms with van der Waals surface area (Å²) in [5.41, 5.74) is 4.11. The van der Waals surface area contributed by atoms with Gasteiger partial charge < -0.3 is 15.0 Å². The number of nitrogens with two attached hydrogens (primary N) is 1. The second-order valence-electron chi connectivity index (χ2n) is 5.79. The second kappa shape index (κ2) is 7.54. The molecule has 0 saturated carbocycles. The highest BCUT2D eigenvalue weighted by Gasteiger charge is 2.34. The van der Waals surface area contributed by atoms with Gasteiger partial charge in [0.25, 0.3) is 5.91 Å². The van der Waals surface area contributed by atoms with Gasteiger partial charge in [-0.25, -0.2) is 13.6 Å². The number of thiocarbonyl (C=S) groups is 1. The molecule has 2 aromatic rings. The number of para-hydroxylation sites is 2. The lowest BCUT2D eigenvalue weighted by atomic mass is 10.1. The highest BCUT2D eigenvalue weighted by molar-refractivity contribution is 7.89. The molecule has 1 amide bonds. The predicted molar refractivity (Wildman–Crippen MR) is 110 cm³/mol. The summed E-state index contributed by atoms with van der Waals surface area (Å²) < 4.78 is 28.6. The average molecular weight is 419 g/mol. The number of primary sulfonamides is 1. The number of amides is 1. The van der Waals surface area contributed by atoms with Crippen LogP contribution >= 0.6 is 12.2 Å². The van der Waals surface area contributed by atoms with Crippen LogP contribution in [0.15, 0.2) is 52.5 Å². The third kappa shape index (κ3) is 3.67. The first-order valence-electron chi connectivity index (χ1n) is 7.96. The number of hydrogen-bond donors (Lipinski definition) is 3. The van der Waals surface area contributed by atoms with Gasteiger partial charge in [0.05, 0.1) is 18.5 Å². The van der Waals surface area contributed by atoms with E-state index in [1.165, 1.54) is 24.1 Å². The SMILES string of the molecule is COc1cccc2c1N(C)C(=O)C2=NNC(=S)Nc1ccccc1S(N)(=O)=O. The average Bonchev–Trinajstić information content (AvgIpc) is 2.90. The summed E-state index contributed by atoms with van der Waals surface area (Å²) in [6.45, 7) is 0. The molecule has 0 unspecified atom stereocenters. The maximum atomic E-state index is 12.5. The number of rotatable bonds is 4. The van der Waals surface area contributed by atoms with E-state index in [4.69, 9.17) is 22.1 Å². The predicted octanol–water partition coefficient (Wildman–Crippen LogP) is 1.01. The lowest BCUT2D eigenvalue weighted by molar-refractivity contribution is -0.112. The Morgan fingerprint density at radius 2 is 1.93 bits per heavy atom. The Kier molecular flexibility index (Phi) is 5.31. The van der Waals surface area contributed by atoms with Crippen molar-refractivity contribution in [1.29, 1.82) is 0 Å². The molecule has 0 bridgehead atoms. The fourth-order valence-electron chi connectivity index (χ4n) is 2.78. The fourth-order valence-corrected chi connectivity index (χ4v) is 3.63. The first-order chi connectivity index (χ1) is 13.2. The molecule has 1 aliphatic heterocycles. The maximum absolute atomic E-state index is 12.5. The standard InChI is InChI=1S/C17H17N5O4S2/c1-22-15-10(6-5-8-12(15)26-2)14(16(22)23)20-21-17(27)19-11-7-3-4-9-13(11)28(18,24)25/h3-9H,1-2H3,(H2,18,24,25)(H2,19,21,27). The van der Waals surface area contributed by atoms with Gasteiger partial charge in [0.1, 0.15) is 10.6 Å². The van der Waals surface area contributed by atoms with E-state index in [-0.39, 0.29) is 27.3 Å². The number of nitrogens with zero attached hydrogens (tertiary/aromatic N) is 2. The number of likely N-dealkylation sites (N-methyl/N-ethyl adjacent to an activating group) is 1. The zero-order valence-electron chi connectivity index (χ0n) is 15.0. The van der Waals surface area contributed by atoms with Crippen molar-refractivity contribution in [2.75, 3.05) is 24.4 Å². The van der Waals surface area contributed by atoms with Crippen molar-refractivity contribution in [2.24, 2.45) is 10.2 Å². The molecule has 2 aromatic carbocycles. The van der Waals surface area contributed by atoms with Gasteiger partial charge in [-0.1, -0.05) is 24.3 Å². The van der Waals surface area contributed by atoms with Gasteiger partial charge >= 0.3 is 0 Å². The molecular weight excluding hydrogens is 402 g/mol. The topological polar surface area (TPSA) is 126 Å². The van der Waals surface area contributed by atoms with Crippen LogP contribution in [0.25, 0.3) is 0 Å². The number of carbonyl (C=O) groups excluding carboxylic acids is 1. The molecule has 4 N–H and O–H groups in total. The van der Waals surface area contributed by atoms with Gasteiger partial charge in [-0.2, -0.15) is 5.10 Å². The minimum atomic E-state index is -3.93. The fraction of sp³-hybridized carbons (Fsp3) is 0.118. The smallest absolute Gasteiger partial charge is 0.279 e. The number of nitrogens with one attached hydrogen (secondary N) is 2. The van der Waals surface area contributed by atoms with Gasteiger partial charge in [-0.3, -0.25) is 10.2 Å². The summed E-state index contributed by atoms with van der Waals surface area (Å²) in [5, 5.41) is 12.0. The van der Waals surface area contributed by atoms with E-state index in [0.717, 1.165) is 0 Å². The summed E-state index contributed by atoms with van der Waals surface area (Å²) >= 11 is 5.15. The van der Waals surface area contributed by atoms with Crippen LogP contribution in [0.1, 0.15) is 5.56 Å². The zero-order chi connectivity index (χ0) is 20.5. The molecule has 0 saturated heterocycles. The van der Waals surface area contributed by atoms with Crippen LogP contribution in [-0.2, 0) is 14.8 Å². The van der Waals surface area contributed by atoms with Gasteiger partial charge in [-0.05, 0) is 30.4 Å². The summed E-state index contributed by atoms with van der Waals surface area (Å²) in [6.07, 6.45) is 0. The Balaban J connectivity index is 1.85. The van der Waals surface area contributed by atoms with Crippen molar-refractivity contribution in [3.8, 4) is 5.75 Å². The van der Waals surface area contributed by atoms with Gasteiger partial charge in [0, 0.05) is 12.6 Å². The molecule has 9 nitrogen and oxygen atoms in total. The third-order valence-corrected chi connectivity index (χ3v) is 5.19. The van der Waals surface area contributed by atoms with Crippen molar-refractivity contribution >= 4 is 50.3 Å².